The highest BCUT2D eigenvalue weighted by Gasteiger charge is 2.04. The molecule has 0 spiro atoms. The molecule has 0 aromatic heterocycles. The van der Waals surface area contributed by atoms with Gasteiger partial charge in [0, 0.05) is 5.56 Å². The van der Waals surface area contributed by atoms with Gasteiger partial charge in [-0.25, -0.2) is 0 Å². The Morgan fingerprint density at radius 3 is 2.16 bits per heavy atom. The molecule has 2 aromatic carbocycles. The number of benzene rings is 2. The van der Waals surface area contributed by atoms with Crippen molar-refractivity contribution in [1.29, 1.82) is 0 Å². The van der Waals surface area contributed by atoms with Crippen molar-refractivity contribution in [2.24, 2.45) is 0 Å². The van der Waals surface area contributed by atoms with Gasteiger partial charge in [-0.05, 0) is 18.6 Å². The van der Waals surface area contributed by atoms with Gasteiger partial charge >= 0.3 is 0 Å². The van der Waals surface area contributed by atoms with Gasteiger partial charge in [0.15, 0.2) is 0 Å². The average molecular weight is 274 g/mol. The fourth-order valence-electron chi connectivity index (χ4n) is 1.94. The van der Waals surface area contributed by atoms with Crippen molar-refractivity contribution in [1.82, 2.24) is 0 Å². The summed E-state index contributed by atoms with van der Waals surface area (Å²) < 4.78 is 0. The van der Waals surface area contributed by atoms with Crippen LogP contribution < -0.4 is 17.7 Å². The predicted octanol–water partition coefficient (Wildman–Crippen LogP) is 0.0284. The summed E-state index contributed by atoms with van der Waals surface area (Å²) >= 11 is 0. The Kier molecular flexibility index (Phi) is 6.94. The molecule has 0 amide bonds. The van der Waals surface area contributed by atoms with E-state index in [0.29, 0.717) is 6.04 Å². The summed E-state index contributed by atoms with van der Waals surface area (Å²) in [4.78, 5) is 0. The van der Waals surface area contributed by atoms with Gasteiger partial charge in [0.25, 0.3) is 0 Å². The maximum atomic E-state index is 2.34. The second-order valence-corrected chi connectivity index (χ2v) is 4.48. The monoisotopic (exact) mass is 273 g/mol. The molecule has 0 aliphatic heterocycles. The van der Waals surface area contributed by atoms with Crippen LogP contribution in [0.15, 0.2) is 66.7 Å². The van der Waals surface area contributed by atoms with Gasteiger partial charge in [0.05, 0.1) is 6.54 Å². The third-order valence-electron chi connectivity index (χ3n) is 3.06. The molecule has 1 nitrogen and oxygen atoms in total. The Morgan fingerprint density at radius 1 is 0.947 bits per heavy atom. The van der Waals surface area contributed by atoms with E-state index in [4.69, 9.17) is 0 Å². The van der Waals surface area contributed by atoms with E-state index in [9.17, 15) is 0 Å². The van der Waals surface area contributed by atoms with Crippen LogP contribution in [0, 0.1) is 0 Å². The number of quaternary nitrogens is 1. The number of hydrogen-bond donors (Lipinski definition) is 1. The van der Waals surface area contributed by atoms with Crippen LogP contribution >= 0.6 is 0 Å². The first-order valence-electron chi connectivity index (χ1n) is 6.46. The molecule has 0 aliphatic rings. The molecule has 0 aliphatic carbocycles. The second kappa shape index (κ2) is 8.52. The van der Waals surface area contributed by atoms with E-state index < -0.39 is 0 Å². The third kappa shape index (κ3) is 5.29. The van der Waals surface area contributed by atoms with Crippen LogP contribution in [0.1, 0.15) is 24.1 Å². The lowest BCUT2D eigenvalue weighted by Crippen LogP contribution is -3.00. The van der Waals surface area contributed by atoms with Crippen molar-refractivity contribution in [3.8, 4) is 0 Å². The maximum Gasteiger partial charge on any atom is 0.109 e. The van der Waals surface area contributed by atoms with Crippen LogP contribution in [0.2, 0.25) is 0 Å². The van der Waals surface area contributed by atoms with E-state index in [2.05, 4.69) is 79.0 Å². The molecule has 2 aromatic rings. The SMILES string of the molecule is CC([NH2+]CC=Cc1ccccc1)c1ccccc1.[Cl-]. The molecule has 2 heteroatoms. The molecule has 0 saturated carbocycles. The van der Waals surface area contributed by atoms with Crippen molar-refractivity contribution < 1.29 is 17.7 Å². The van der Waals surface area contributed by atoms with Crippen molar-refractivity contribution in [2.45, 2.75) is 13.0 Å². The molecule has 1 unspecified atom stereocenters. The Labute approximate surface area is 121 Å². The van der Waals surface area contributed by atoms with Gasteiger partial charge in [0.2, 0.25) is 0 Å². The minimum Gasteiger partial charge on any atom is -1.00 e. The minimum atomic E-state index is 0. The van der Waals surface area contributed by atoms with E-state index in [0.717, 1.165) is 6.54 Å². The Hall–Kier alpha value is -1.57. The highest BCUT2D eigenvalue weighted by atomic mass is 35.5. The smallest absolute Gasteiger partial charge is 0.109 e. The van der Waals surface area contributed by atoms with E-state index in [1.165, 1.54) is 11.1 Å². The number of halogens is 1. The molecular weight excluding hydrogens is 254 g/mol. The molecule has 0 fully saturated rings. The fraction of sp³-hybridized carbons (Fsp3) is 0.176. The summed E-state index contributed by atoms with van der Waals surface area (Å²) in [5.41, 5.74) is 2.64. The van der Waals surface area contributed by atoms with Gasteiger partial charge in [-0.15, -0.1) is 0 Å². The first-order chi connectivity index (χ1) is 8.86. The molecule has 2 rings (SSSR count). The zero-order valence-electron chi connectivity index (χ0n) is 11.2. The van der Waals surface area contributed by atoms with Gasteiger partial charge in [0.1, 0.15) is 6.04 Å². The lowest BCUT2D eigenvalue weighted by atomic mass is 10.1. The highest BCUT2D eigenvalue weighted by molar-refractivity contribution is 5.48. The number of hydrogen-bond acceptors (Lipinski definition) is 0. The van der Waals surface area contributed by atoms with Crippen LogP contribution in [-0.2, 0) is 0 Å². The first kappa shape index (κ1) is 15.5. The Balaban J connectivity index is 0.00000180. The third-order valence-corrected chi connectivity index (χ3v) is 3.06. The molecule has 1 atom stereocenters. The normalized spacial score (nSPS) is 12.1. The average Bonchev–Trinajstić information content (AvgIpc) is 2.45. The van der Waals surface area contributed by atoms with Crippen LogP contribution in [0.25, 0.3) is 6.08 Å². The molecule has 0 bridgehead atoms. The molecule has 0 heterocycles. The highest BCUT2D eigenvalue weighted by Crippen LogP contribution is 2.06. The lowest BCUT2D eigenvalue weighted by Gasteiger charge is -2.08. The van der Waals surface area contributed by atoms with E-state index in [1.807, 2.05) is 6.07 Å². The fourth-order valence-corrected chi connectivity index (χ4v) is 1.94. The van der Waals surface area contributed by atoms with E-state index in [-0.39, 0.29) is 12.4 Å². The topological polar surface area (TPSA) is 16.6 Å². The van der Waals surface area contributed by atoms with E-state index in [1.54, 1.807) is 0 Å². The minimum absolute atomic E-state index is 0. The van der Waals surface area contributed by atoms with Crippen molar-refractivity contribution in [3.05, 3.63) is 77.9 Å². The first-order valence-corrected chi connectivity index (χ1v) is 6.46. The lowest BCUT2D eigenvalue weighted by molar-refractivity contribution is -0.684. The largest absolute Gasteiger partial charge is 1.00 e. The molecule has 0 saturated heterocycles. The van der Waals surface area contributed by atoms with Crippen LogP contribution in [0.3, 0.4) is 0 Å². The number of nitrogens with two attached hydrogens (primary N) is 1. The van der Waals surface area contributed by atoms with Crippen LogP contribution in [-0.4, -0.2) is 6.54 Å². The molecule has 2 N–H and O–H groups in total. The summed E-state index contributed by atoms with van der Waals surface area (Å²) in [6.07, 6.45) is 4.39. The summed E-state index contributed by atoms with van der Waals surface area (Å²) in [5.74, 6) is 0. The van der Waals surface area contributed by atoms with Gasteiger partial charge in [-0.2, -0.15) is 0 Å². The standard InChI is InChI=1S/C17H19N.ClH/c1-15(17-12-6-3-7-13-17)18-14-8-11-16-9-4-2-5-10-16;/h2-13,15,18H,14H2,1H3;1H. The second-order valence-electron chi connectivity index (χ2n) is 4.48. The molecule has 0 radical (unpaired) electrons. The zero-order chi connectivity index (χ0) is 12.6. The molecule has 100 valence electrons. The Bertz CT molecular complexity index is 479. The maximum absolute atomic E-state index is 2.34. The van der Waals surface area contributed by atoms with Crippen molar-refractivity contribution >= 4 is 6.08 Å². The van der Waals surface area contributed by atoms with Crippen molar-refractivity contribution in [3.63, 3.8) is 0 Å². The predicted molar refractivity (Wildman–Crippen MR) is 77.1 cm³/mol. The summed E-state index contributed by atoms with van der Waals surface area (Å²) in [5, 5.41) is 2.34. The molecule has 19 heavy (non-hydrogen) atoms. The zero-order valence-corrected chi connectivity index (χ0v) is 11.9. The van der Waals surface area contributed by atoms with Crippen molar-refractivity contribution in [2.75, 3.05) is 6.54 Å². The van der Waals surface area contributed by atoms with Crippen LogP contribution in [0.4, 0.5) is 0 Å². The quantitative estimate of drug-likeness (QED) is 0.792. The molecular formula is C17H20ClN. The van der Waals surface area contributed by atoms with Gasteiger partial charge in [-0.1, -0.05) is 66.7 Å². The summed E-state index contributed by atoms with van der Waals surface area (Å²) in [6, 6.07) is 21.5. The van der Waals surface area contributed by atoms with E-state index >= 15 is 0 Å². The summed E-state index contributed by atoms with van der Waals surface area (Å²) in [7, 11) is 0. The van der Waals surface area contributed by atoms with Gasteiger partial charge < -0.3 is 17.7 Å². The number of rotatable bonds is 5. The summed E-state index contributed by atoms with van der Waals surface area (Å²) in [6.45, 7) is 3.25. The van der Waals surface area contributed by atoms with Crippen LogP contribution in [0.5, 0.6) is 0 Å². The van der Waals surface area contributed by atoms with Gasteiger partial charge in [-0.3, -0.25) is 0 Å². The Morgan fingerprint density at radius 2 is 1.53 bits per heavy atom.